The summed E-state index contributed by atoms with van der Waals surface area (Å²) in [5.41, 5.74) is 2.71. The number of aliphatic imine (C=N–C) groups is 2. The van der Waals surface area contributed by atoms with Crippen LogP contribution < -0.4 is 24.8 Å². The molecule has 1 aliphatic rings. The summed E-state index contributed by atoms with van der Waals surface area (Å²) in [6.07, 6.45) is 1.74. The van der Waals surface area contributed by atoms with Crippen molar-refractivity contribution in [2.75, 3.05) is 26.6 Å². The Morgan fingerprint density at radius 3 is 2.32 bits per heavy atom. The number of benzene rings is 2. The monoisotopic (exact) mass is 480 g/mol. The van der Waals surface area contributed by atoms with E-state index in [0.717, 1.165) is 22.1 Å². The molecule has 0 aromatic heterocycles. The number of hydrogen-bond donors (Lipinski definition) is 2. The van der Waals surface area contributed by atoms with Gasteiger partial charge >= 0.3 is 0 Å². The van der Waals surface area contributed by atoms with Gasteiger partial charge in [-0.05, 0) is 36.4 Å². The first-order valence-corrected chi connectivity index (χ1v) is 10.8. The van der Waals surface area contributed by atoms with Crippen LogP contribution in [-0.2, 0) is 6.54 Å². The number of halogens is 2. The number of nitrogens with zero attached hydrogens (tertiary/aromatic N) is 2. The third-order valence-corrected chi connectivity index (χ3v) is 5.73. The van der Waals surface area contributed by atoms with Gasteiger partial charge in [-0.3, -0.25) is 0 Å². The molecule has 3 rings (SSSR count). The van der Waals surface area contributed by atoms with E-state index in [4.69, 9.17) is 37.4 Å². The predicted octanol–water partition coefficient (Wildman–Crippen LogP) is 5.54. The Morgan fingerprint density at radius 2 is 1.74 bits per heavy atom. The number of hydrogen-bond acceptors (Lipinski definition) is 7. The average molecular weight is 481 g/mol. The fourth-order valence-corrected chi connectivity index (χ4v) is 3.56. The third kappa shape index (κ3) is 6.00. The predicted molar refractivity (Wildman–Crippen MR) is 129 cm³/mol. The molecule has 7 nitrogen and oxygen atoms in total. The highest BCUT2D eigenvalue weighted by Crippen LogP contribution is 2.40. The zero-order valence-corrected chi connectivity index (χ0v) is 19.8. The Bertz CT molecular complexity index is 1030. The second-order valence-corrected chi connectivity index (χ2v) is 8.15. The van der Waals surface area contributed by atoms with Crippen molar-refractivity contribution in [3.8, 4) is 17.2 Å². The molecule has 31 heavy (non-hydrogen) atoms. The molecule has 1 aliphatic heterocycles. The molecule has 0 unspecified atom stereocenters. The third-order valence-electron chi connectivity index (χ3n) is 4.23. The van der Waals surface area contributed by atoms with Crippen LogP contribution in [0.1, 0.15) is 12.5 Å². The molecule has 2 aromatic rings. The Morgan fingerprint density at radius 1 is 1.06 bits per heavy atom. The molecule has 10 heteroatoms. The number of methoxy groups -OCH3 is 3. The van der Waals surface area contributed by atoms with Gasteiger partial charge < -0.3 is 24.8 Å². The molecule has 164 valence electrons. The number of thioether (sulfide) groups is 1. The molecule has 2 aromatic carbocycles. The van der Waals surface area contributed by atoms with Crippen LogP contribution in [0.3, 0.4) is 0 Å². The summed E-state index contributed by atoms with van der Waals surface area (Å²) in [6, 6.07) is 9.17. The minimum absolute atomic E-state index is 0.537. The van der Waals surface area contributed by atoms with Crippen LogP contribution in [0.15, 0.2) is 52.2 Å². The van der Waals surface area contributed by atoms with Gasteiger partial charge in [0.05, 0.1) is 31.4 Å². The summed E-state index contributed by atoms with van der Waals surface area (Å²) in [7, 11) is 4.72. The van der Waals surface area contributed by atoms with Crippen molar-refractivity contribution in [2.24, 2.45) is 9.98 Å². The minimum Gasteiger partial charge on any atom is -0.493 e. The molecule has 0 atom stereocenters. The molecule has 0 saturated heterocycles. The first kappa shape index (κ1) is 23.1. The zero-order valence-electron chi connectivity index (χ0n) is 17.5. The molecule has 0 spiro atoms. The van der Waals surface area contributed by atoms with E-state index in [1.165, 1.54) is 11.8 Å². The second kappa shape index (κ2) is 10.7. The minimum atomic E-state index is 0.537. The van der Waals surface area contributed by atoms with Crippen LogP contribution in [0.4, 0.5) is 5.69 Å². The van der Waals surface area contributed by atoms with Crippen LogP contribution in [0.5, 0.6) is 17.2 Å². The van der Waals surface area contributed by atoms with Gasteiger partial charge in [-0.1, -0.05) is 29.3 Å². The largest absolute Gasteiger partial charge is 0.493 e. The molecule has 0 saturated carbocycles. The van der Waals surface area contributed by atoms with Gasteiger partial charge in [0.2, 0.25) is 5.75 Å². The summed E-state index contributed by atoms with van der Waals surface area (Å²) in [5, 5.41) is 8.95. The Hall–Kier alpha value is -2.55. The highest BCUT2D eigenvalue weighted by atomic mass is 35.5. The molecule has 2 N–H and O–H groups in total. The maximum atomic E-state index is 6.04. The van der Waals surface area contributed by atoms with Crippen molar-refractivity contribution in [2.45, 2.75) is 13.5 Å². The number of anilines is 1. The first-order chi connectivity index (χ1) is 14.9. The second-order valence-electron chi connectivity index (χ2n) is 6.38. The summed E-state index contributed by atoms with van der Waals surface area (Å²) in [6.45, 7) is 2.55. The van der Waals surface area contributed by atoms with E-state index in [1.54, 1.807) is 33.6 Å². The lowest BCUT2D eigenvalue weighted by molar-refractivity contribution is 0.324. The van der Waals surface area contributed by atoms with Crippen LogP contribution >= 0.6 is 35.0 Å². The SMILES string of the molecule is COc1cc(NC2=NC(=NC=C(C)NCc3ccc(Cl)c(Cl)c3)S2)cc(OC)c1OC. The van der Waals surface area contributed by atoms with E-state index in [-0.39, 0.29) is 0 Å². The van der Waals surface area contributed by atoms with E-state index in [0.29, 0.717) is 39.0 Å². The summed E-state index contributed by atoms with van der Waals surface area (Å²) in [5.74, 6) is 1.67. The lowest BCUT2D eigenvalue weighted by atomic mass is 10.2. The molecule has 0 fully saturated rings. The molecule has 0 radical (unpaired) electrons. The molecular formula is C21H22Cl2N4O3S. The number of rotatable bonds is 8. The van der Waals surface area contributed by atoms with Crippen molar-refractivity contribution in [3.05, 3.63) is 57.8 Å². The quantitative estimate of drug-likeness (QED) is 0.516. The summed E-state index contributed by atoms with van der Waals surface area (Å²) >= 11 is 13.4. The Labute approximate surface area is 195 Å². The lowest BCUT2D eigenvalue weighted by Crippen LogP contribution is -2.19. The van der Waals surface area contributed by atoms with Crippen LogP contribution in [0.25, 0.3) is 0 Å². The smallest absolute Gasteiger partial charge is 0.203 e. The fraction of sp³-hybridized carbons (Fsp3) is 0.238. The maximum absolute atomic E-state index is 6.04. The first-order valence-electron chi connectivity index (χ1n) is 9.19. The normalized spacial score (nSPS) is 14.6. The van der Waals surface area contributed by atoms with Gasteiger partial charge in [0.1, 0.15) is 0 Å². The molecule has 0 bridgehead atoms. The van der Waals surface area contributed by atoms with E-state index in [9.17, 15) is 0 Å². The zero-order chi connectivity index (χ0) is 22.4. The number of allylic oxidation sites excluding steroid dienone is 1. The maximum Gasteiger partial charge on any atom is 0.203 e. The highest BCUT2D eigenvalue weighted by Gasteiger charge is 2.19. The van der Waals surface area contributed by atoms with Crippen LogP contribution in [-0.4, -0.2) is 31.7 Å². The van der Waals surface area contributed by atoms with E-state index >= 15 is 0 Å². The van der Waals surface area contributed by atoms with Gasteiger partial charge in [0.25, 0.3) is 0 Å². The highest BCUT2D eigenvalue weighted by molar-refractivity contribution is 8.29. The molecule has 0 aliphatic carbocycles. The number of ether oxygens (including phenoxy) is 3. The van der Waals surface area contributed by atoms with E-state index in [2.05, 4.69) is 20.6 Å². The van der Waals surface area contributed by atoms with Gasteiger partial charge in [-0.15, -0.1) is 0 Å². The standard InChI is InChI=1S/C21H22Cl2N4O3S/c1-12(24-11-13-5-6-15(22)16(23)7-13)10-25-20-27-21(31-20)26-14-8-17(28-2)19(30-4)18(9-14)29-3/h5-10,24H,11H2,1-4H3,(H,25,26,27). The fourth-order valence-electron chi connectivity index (χ4n) is 2.65. The van der Waals surface area contributed by atoms with E-state index in [1.807, 2.05) is 31.2 Å². The Kier molecular flexibility index (Phi) is 7.95. The van der Waals surface area contributed by atoms with Crippen molar-refractivity contribution >= 4 is 51.0 Å². The van der Waals surface area contributed by atoms with Crippen molar-refractivity contribution in [1.29, 1.82) is 0 Å². The van der Waals surface area contributed by atoms with Crippen molar-refractivity contribution in [1.82, 2.24) is 5.32 Å². The number of amidine groups is 2. The van der Waals surface area contributed by atoms with Gasteiger partial charge in [-0.2, -0.15) is 4.99 Å². The van der Waals surface area contributed by atoms with Crippen LogP contribution in [0, 0.1) is 0 Å². The lowest BCUT2D eigenvalue weighted by Gasteiger charge is -2.18. The average Bonchev–Trinajstić information content (AvgIpc) is 2.75. The van der Waals surface area contributed by atoms with Crippen molar-refractivity contribution in [3.63, 3.8) is 0 Å². The topological polar surface area (TPSA) is 76.5 Å². The van der Waals surface area contributed by atoms with Crippen LogP contribution in [0.2, 0.25) is 10.0 Å². The molecule has 1 heterocycles. The Balaban J connectivity index is 1.58. The summed E-state index contributed by atoms with van der Waals surface area (Å²) < 4.78 is 16.1. The van der Waals surface area contributed by atoms with Gasteiger partial charge in [-0.25, -0.2) is 4.99 Å². The molecular weight excluding hydrogens is 459 g/mol. The van der Waals surface area contributed by atoms with Gasteiger partial charge in [0, 0.05) is 36.3 Å². The van der Waals surface area contributed by atoms with Crippen molar-refractivity contribution < 1.29 is 14.2 Å². The van der Waals surface area contributed by atoms with E-state index < -0.39 is 0 Å². The summed E-state index contributed by atoms with van der Waals surface area (Å²) in [4.78, 5) is 8.75. The number of nitrogens with one attached hydrogen (secondary N) is 2. The molecule has 0 amide bonds. The van der Waals surface area contributed by atoms with Gasteiger partial charge in [0.15, 0.2) is 21.8 Å².